The highest BCUT2D eigenvalue weighted by molar-refractivity contribution is 7.84. The Morgan fingerprint density at radius 2 is 1.73 bits per heavy atom. The van der Waals surface area contributed by atoms with Gasteiger partial charge in [0, 0.05) is 26.2 Å². The van der Waals surface area contributed by atoms with Gasteiger partial charge < -0.3 is 14.7 Å². The number of rotatable bonds is 2. The van der Waals surface area contributed by atoms with Crippen molar-refractivity contribution in [2.75, 3.05) is 20.1 Å². The molecule has 2 fully saturated rings. The highest BCUT2D eigenvalue weighted by atomic mass is 32.2. The third-order valence-corrected chi connectivity index (χ3v) is 7.30. The second kappa shape index (κ2) is 7.40. The van der Waals surface area contributed by atoms with Crippen LogP contribution in [0.5, 0.6) is 0 Å². The van der Waals surface area contributed by atoms with Crippen LogP contribution in [0.15, 0.2) is 0 Å². The SMILES string of the molecule is CN([C@@H]1C[C@H](O)CC12CCN(C(=O)OC(C)(C)C)CC2)[S@@](=O)C(C)(C)C. The van der Waals surface area contributed by atoms with Gasteiger partial charge in [0.25, 0.3) is 0 Å². The van der Waals surface area contributed by atoms with Crippen molar-refractivity contribution in [2.45, 2.75) is 89.7 Å². The summed E-state index contributed by atoms with van der Waals surface area (Å²) in [4.78, 5) is 14.1. The Morgan fingerprint density at radius 1 is 1.19 bits per heavy atom. The molecule has 0 aromatic rings. The zero-order chi connectivity index (χ0) is 19.9. The summed E-state index contributed by atoms with van der Waals surface area (Å²) in [6.45, 7) is 12.8. The molecule has 1 saturated heterocycles. The Bertz CT molecular complexity index is 545. The summed E-state index contributed by atoms with van der Waals surface area (Å²) in [7, 11) is 0.780. The number of ether oxygens (including phenoxy) is 1. The summed E-state index contributed by atoms with van der Waals surface area (Å²) in [5, 5.41) is 10.3. The molecule has 0 aromatic heterocycles. The smallest absolute Gasteiger partial charge is 0.410 e. The van der Waals surface area contributed by atoms with Crippen LogP contribution in [0.3, 0.4) is 0 Å². The summed E-state index contributed by atoms with van der Waals surface area (Å²) in [5.74, 6) is 0. The van der Waals surface area contributed by atoms with Gasteiger partial charge >= 0.3 is 6.09 Å². The molecule has 1 spiro atoms. The Kier molecular flexibility index (Phi) is 6.16. The Morgan fingerprint density at radius 3 is 2.19 bits per heavy atom. The van der Waals surface area contributed by atoms with Crippen molar-refractivity contribution in [3.63, 3.8) is 0 Å². The molecule has 6 nitrogen and oxygen atoms in total. The van der Waals surface area contributed by atoms with Gasteiger partial charge in [-0.05, 0) is 72.6 Å². The number of amides is 1. The number of nitrogens with zero attached hydrogens (tertiary/aromatic N) is 2. The van der Waals surface area contributed by atoms with Crippen LogP contribution in [0.4, 0.5) is 4.79 Å². The van der Waals surface area contributed by atoms with Gasteiger partial charge in [-0.1, -0.05) is 0 Å². The van der Waals surface area contributed by atoms with Crippen LogP contribution in [-0.4, -0.2) is 67.2 Å². The van der Waals surface area contributed by atoms with Gasteiger partial charge in [-0.25, -0.2) is 13.3 Å². The van der Waals surface area contributed by atoms with Gasteiger partial charge in [-0.2, -0.15) is 0 Å². The number of aliphatic hydroxyl groups excluding tert-OH is 1. The standard InChI is InChI=1S/C19H36N2O4S/c1-17(2,3)25-16(23)21-10-8-19(9-11-21)13-14(22)12-15(19)20(7)26(24)18(4,5)6/h14-15,22H,8-13H2,1-7H3/t14-,15+,26-/m0/s1. The lowest BCUT2D eigenvalue weighted by Gasteiger charge is -2.46. The number of hydrogen-bond acceptors (Lipinski definition) is 4. The molecule has 0 unspecified atom stereocenters. The molecule has 2 rings (SSSR count). The average molecular weight is 389 g/mol. The first-order chi connectivity index (χ1) is 11.8. The van der Waals surface area contributed by atoms with Gasteiger partial charge in [-0.15, -0.1) is 0 Å². The van der Waals surface area contributed by atoms with E-state index < -0.39 is 16.6 Å². The van der Waals surface area contributed by atoms with E-state index in [-0.39, 0.29) is 28.4 Å². The minimum atomic E-state index is -1.13. The predicted molar refractivity (Wildman–Crippen MR) is 104 cm³/mol. The topological polar surface area (TPSA) is 70.1 Å². The normalized spacial score (nSPS) is 27.8. The maximum Gasteiger partial charge on any atom is 0.410 e. The zero-order valence-electron chi connectivity index (χ0n) is 17.4. The van der Waals surface area contributed by atoms with Gasteiger partial charge in [-0.3, -0.25) is 0 Å². The van der Waals surface area contributed by atoms with Crippen molar-refractivity contribution in [3.05, 3.63) is 0 Å². The lowest BCUT2D eigenvalue weighted by Crippen LogP contribution is -2.53. The first kappa shape index (κ1) is 21.6. The third kappa shape index (κ3) is 4.78. The number of carbonyl (C=O) groups is 1. The monoisotopic (exact) mass is 388 g/mol. The largest absolute Gasteiger partial charge is 0.444 e. The number of likely N-dealkylation sites (tertiary alicyclic amines) is 1. The highest BCUT2D eigenvalue weighted by Crippen LogP contribution is 2.49. The molecule has 1 aliphatic carbocycles. The van der Waals surface area contributed by atoms with E-state index in [9.17, 15) is 14.1 Å². The second-order valence-electron chi connectivity index (χ2n) is 9.85. The fourth-order valence-corrected chi connectivity index (χ4v) is 5.68. The molecule has 1 heterocycles. The maximum absolute atomic E-state index is 12.9. The molecule has 0 bridgehead atoms. The molecular formula is C19H36N2O4S. The minimum Gasteiger partial charge on any atom is -0.444 e. The van der Waals surface area contributed by atoms with Gasteiger partial charge in [0.1, 0.15) is 5.60 Å². The first-order valence-electron chi connectivity index (χ1n) is 9.56. The van der Waals surface area contributed by atoms with Crippen LogP contribution in [0.1, 0.15) is 67.2 Å². The Balaban J connectivity index is 2.09. The van der Waals surface area contributed by atoms with E-state index in [4.69, 9.17) is 4.74 Å². The molecule has 1 aliphatic heterocycles. The predicted octanol–water partition coefficient (Wildman–Crippen LogP) is 2.92. The van der Waals surface area contributed by atoms with E-state index in [0.717, 1.165) is 12.8 Å². The van der Waals surface area contributed by atoms with Gasteiger partial charge in [0.15, 0.2) is 0 Å². The number of aliphatic hydroxyl groups is 1. The zero-order valence-corrected chi connectivity index (χ0v) is 18.2. The maximum atomic E-state index is 12.9. The average Bonchev–Trinajstić information content (AvgIpc) is 2.80. The molecule has 1 saturated carbocycles. The van der Waals surface area contributed by atoms with Crippen molar-refractivity contribution < 1.29 is 18.8 Å². The lowest BCUT2D eigenvalue weighted by molar-refractivity contribution is 0.00288. The summed E-state index contributed by atoms with van der Waals surface area (Å²) in [6.07, 6.45) is 2.33. The van der Waals surface area contributed by atoms with E-state index in [1.165, 1.54) is 0 Å². The van der Waals surface area contributed by atoms with Crippen LogP contribution < -0.4 is 0 Å². The molecule has 2 aliphatic rings. The van der Waals surface area contributed by atoms with Crippen LogP contribution in [0.25, 0.3) is 0 Å². The first-order valence-corrected chi connectivity index (χ1v) is 10.7. The van der Waals surface area contributed by atoms with E-state index in [1.54, 1.807) is 4.90 Å². The molecule has 152 valence electrons. The van der Waals surface area contributed by atoms with Gasteiger partial charge in [0.05, 0.1) is 21.8 Å². The molecule has 3 atom stereocenters. The molecule has 0 aromatic carbocycles. The summed E-state index contributed by atoms with van der Waals surface area (Å²) < 4.78 is 20.0. The number of hydrogen-bond donors (Lipinski definition) is 1. The molecule has 26 heavy (non-hydrogen) atoms. The summed E-state index contributed by atoms with van der Waals surface area (Å²) in [5.41, 5.74) is -0.588. The minimum absolute atomic E-state index is 0.0679. The molecule has 1 N–H and O–H groups in total. The van der Waals surface area contributed by atoms with Crippen molar-refractivity contribution in [3.8, 4) is 0 Å². The van der Waals surface area contributed by atoms with E-state index in [0.29, 0.717) is 25.9 Å². The van der Waals surface area contributed by atoms with Crippen molar-refractivity contribution >= 4 is 17.1 Å². The van der Waals surface area contributed by atoms with Crippen molar-refractivity contribution in [1.29, 1.82) is 0 Å². The number of carbonyl (C=O) groups excluding carboxylic acids is 1. The highest BCUT2D eigenvalue weighted by Gasteiger charge is 2.52. The van der Waals surface area contributed by atoms with E-state index in [1.807, 2.05) is 52.9 Å². The van der Waals surface area contributed by atoms with Crippen LogP contribution in [0, 0.1) is 5.41 Å². The van der Waals surface area contributed by atoms with Crippen LogP contribution >= 0.6 is 0 Å². The molecule has 1 amide bonds. The van der Waals surface area contributed by atoms with E-state index in [2.05, 4.69) is 0 Å². The van der Waals surface area contributed by atoms with Crippen LogP contribution in [-0.2, 0) is 15.7 Å². The second-order valence-corrected chi connectivity index (χ2v) is 12.1. The third-order valence-electron chi connectivity index (χ3n) is 5.48. The van der Waals surface area contributed by atoms with Crippen molar-refractivity contribution in [2.24, 2.45) is 5.41 Å². The molecular weight excluding hydrogens is 352 g/mol. The molecule has 0 radical (unpaired) electrons. The van der Waals surface area contributed by atoms with Crippen LogP contribution in [0.2, 0.25) is 0 Å². The van der Waals surface area contributed by atoms with E-state index >= 15 is 0 Å². The van der Waals surface area contributed by atoms with Crippen molar-refractivity contribution in [1.82, 2.24) is 9.21 Å². The lowest BCUT2D eigenvalue weighted by atomic mass is 9.74. The fraction of sp³-hybridized carbons (Fsp3) is 0.947. The molecule has 7 heteroatoms. The number of piperidine rings is 1. The Labute approximate surface area is 160 Å². The fourth-order valence-electron chi connectivity index (χ4n) is 4.28. The summed E-state index contributed by atoms with van der Waals surface area (Å²) in [6, 6.07) is 0.0679. The Hall–Kier alpha value is -0.660. The summed E-state index contributed by atoms with van der Waals surface area (Å²) >= 11 is 0. The van der Waals surface area contributed by atoms with Gasteiger partial charge in [0.2, 0.25) is 0 Å². The quantitative estimate of drug-likeness (QED) is 0.790.